The van der Waals surface area contributed by atoms with Crippen molar-refractivity contribution in [2.45, 2.75) is 13.0 Å². The summed E-state index contributed by atoms with van der Waals surface area (Å²) in [6.07, 6.45) is 0.899. The Kier molecular flexibility index (Phi) is 4.88. The Morgan fingerprint density at radius 3 is 2.39 bits per heavy atom. The molecule has 1 heterocycles. The summed E-state index contributed by atoms with van der Waals surface area (Å²) >= 11 is 0. The topological polar surface area (TPSA) is 50.4 Å². The highest BCUT2D eigenvalue weighted by Gasteiger charge is 2.21. The van der Waals surface area contributed by atoms with Crippen LogP contribution in [-0.2, 0) is 11.3 Å². The van der Waals surface area contributed by atoms with E-state index in [0.717, 1.165) is 25.1 Å². The van der Waals surface area contributed by atoms with Crippen LogP contribution in [0.4, 0.5) is 4.39 Å². The summed E-state index contributed by atoms with van der Waals surface area (Å²) in [5.41, 5.74) is 1.01. The van der Waals surface area contributed by atoms with E-state index in [9.17, 15) is 9.18 Å². The van der Waals surface area contributed by atoms with Crippen LogP contribution in [0.3, 0.4) is 0 Å². The number of hydrogen-bond donors (Lipinski definition) is 2. The number of carbonyl (C=O) groups excluding carboxylic acids is 1. The summed E-state index contributed by atoms with van der Waals surface area (Å²) in [4.78, 5) is 11.9. The fraction of sp³-hybridized carbons (Fsp3) is 0.278. The zero-order chi connectivity index (χ0) is 16.1. The highest BCUT2D eigenvalue weighted by Crippen LogP contribution is 2.21. The van der Waals surface area contributed by atoms with E-state index in [2.05, 4.69) is 10.6 Å². The lowest BCUT2D eigenvalue weighted by Crippen LogP contribution is -2.31. The van der Waals surface area contributed by atoms with Crippen LogP contribution in [-0.4, -0.2) is 19.0 Å². The van der Waals surface area contributed by atoms with E-state index in [4.69, 9.17) is 4.74 Å². The quantitative estimate of drug-likeness (QED) is 0.892. The van der Waals surface area contributed by atoms with Crippen LogP contribution in [0.1, 0.15) is 12.0 Å². The zero-order valence-electron chi connectivity index (χ0n) is 12.7. The van der Waals surface area contributed by atoms with Gasteiger partial charge in [-0.15, -0.1) is 0 Å². The molecular formula is C18H19FN2O2. The molecule has 23 heavy (non-hydrogen) atoms. The van der Waals surface area contributed by atoms with E-state index in [-0.39, 0.29) is 17.6 Å². The molecule has 0 aromatic heterocycles. The van der Waals surface area contributed by atoms with Gasteiger partial charge in [-0.1, -0.05) is 12.1 Å². The van der Waals surface area contributed by atoms with Gasteiger partial charge in [-0.25, -0.2) is 4.39 Å². The van der Waals surface area contributed by atoms with Gasteiger partial charge < -0.3 is 15.4 Å². The molecule has 2 N–H and O–H groups in total. The molecular weight excluding hydrogens is 295 g/mol. The van der Waals surface area contributed by atoms with Crippen molar-refractivity contribution in [2.75, 3.05) is 13.1 Å². The molecule has 0 saturated carbocycles. The average molecular weight is 314 g/mol. The first kappa shape index (κ1) is 15.5. The van der Waals surface area contributed by atoms with Crippen LogP contribution in [0.15, 0.2) is 48.5 Å². The number of ether oxygens (including phenoxy) is 1. The minimum atomic E-state index is -0.291. The Morgan fingerprint density at radius 2 is 1.78 bits per heavy atom. The summed E-state index contributed by atoms with van der Waals surface area (Å²) in [7, 11) is 0. The standard InChI is InChI=1S/C18H19FN2O2/c19-15-3-7-17(8-4-15)23-16-5-1-13(2-6-16)11-21-18(22)14-9-10-20-12-14/h1-8,14,20H,9-12H2,(H,21,22). The Balaban J connectivity index is 1.52. The van der Waals surface area contributed by atoms with Crippen molar-refractivity contribution in [2.24, 2.45) is 5.92 Å². The number of rotatable bonds is 5. The summed E-state index contributed by atoms with van der Waals surface area (Å²) in [5.74, 6) is 1.14. The minimum absolute atomic E-state index is 0.0797. The van der Waals surface area contributed by atoms with Crippen molar-refractivity contribution < 1.29 is 13.9 Å². The molecule has 120 valence electrons. The van der Waals surface area contributed by atoms with E-state index in [0.29, 0.717) is 18.0 Å². The van der Waals surface area contributed by atoms with Gasteiger partial charge in [0.2, 0.25) is 5.91 Å². The Bertz CT molecular complexity index is 650. The number of hydrogen-bond acceptors (Lipinski definition) is 3. The maximum Gasteiger partial charge on any atom is 0.224 e. The molecule has 1 atom stereocenters. The molecule has 1 fully saturated rings. The summed E-state index contributed by atoms with van der Waals surface area (Å²) < 4.78 is 18.5. The van der Waals surface area contributed by atoms with Gasteiger partial charge in [0.05, 0.1) is 5.92 Å². The van der Waals surface area contributed by atoms with Crippen molar-refractivity contribution in [3.63, 3.8) is 0 Å². The second kappa shape index (κ2) is 7.24. The predicted molar refractivity (Wildman–Crippen MR) is 85.7 cm³/mol. The molecule has 5 heteroatoms. The first-order valence-electron chi connectivity index (χ1n) is 7.71. The minimum Gasteiger partial charge on any atom is -0.457 e. The normalized spacial score (nSPS) is 17.0. The molecule has 1 unspecified atom stereocenters. The monoisotopic (exact) mass is 314 g/mol. The van der Waals surface area contributed by atoms with Crippen LogP contribution in [0.2, 0.25) is 0 Å². The molecule has 1 saturated heterocycles. The van der Waals surface area contributed by atoms with Gasteiger partial charge >= 0.3 is 0 Å². The largest absolute Gasteiger partial charge is 0.457 e. The first-order valence-corrected chi connectivity index (χ1v) is 7.71. The van der Waals surface area contributed by atoms with Crippen molar-refractivity contribution in [1.82, 2.24) is 10.6 Å². The van der Waals surface area contributed by atoms with Crippen LogP contribution in [0.5, 0.6) is 11.5 Å². The molecule has 2 aromatic rings. The molecule has 1 aliphatic heterocycles. The number of nitrogens with one attached hydrogen (secondary N) is 2. The lowest BCUT2D eigenvalue weighted by Gasteiger charge is -2.10. The zero-order valence-corrected chi connectivity index (χ0v) is 12.7. The Morgan fingerprint density at radius 1 is 1.13 bits per heavy atom. The molecule has 4 nitrogen and oxygen atoms in total. The fourth-order valence-corrected chi connectivity index (χ4v) is 2.53. The molecule has 2 aromatic carbocycles. The van der Waals surface area contributed by atoms with Gasteiger partial charge in [-0.2, -0.15) is 0 Å². The smallest absolute Gasteiger partial charge is 0.224 e. The third kappa shape index (κ3) is 4.29. The molecule has 3 rings (SSSR count). The number of amides is 1. The summed E-state index contributed by atoms with van der Waals surface area (Å²) in [5, 5.41) is 6.14. The number of halogens is 1. The highest BCUT2D eigenvalue weighted by molar-refractivity contribution is 5.79. The van der Waals surface area contributed by atoms with Gasteiger partial charge in [0, 0.05) is 13.1 Å². The van der Waals surface area contributed by atoms with Gasteiger partial charge in [0.25, 0.3) is 0 Å². The number of carbonyl (C=O) groups is 1. The third-order valence-corrected chi connectivity index (χ3v) is 3.87. The van der Waals surface area contributed by atoms with Crippen molar-refractivity contribution >= 4 is 5.91 Å². The number of benzene rings is 2. The van der Waals surface area contributed by atoms with Crippen molar-refractivity contribution in [1.29, 1.82) is 0 Å². The van der Waals surface area contributed by atoms with E-state index < -0.39 is 0 Å². The van der Waals surface area contributed by atoms with Crippen molar-refractivity contribution in [3.8, 4) is 11.5 Å². The maximum absolute atomic E-state index is 12.8. The average Bonchev–Trinajstić information content (AvgIpc) is 3.11. The van der Waals surface area contributed by atoms with E-state index in [1.54, 1.807) is 12.1 Å². The van der Waals surface area contributed by atoms with Crippen LogP contribution in [0.25, 0.3) is 0 Å². The van der Waals surface area contributed by atoms with E-state index in [1.165, 1.54) is 12.1 Å². The summed E-state index contributed by atoms with van der Waals surface area (Å²) in [6.45, 7) is 2.18. The molecule has 0 spiro atoms. The van der Waals surface area contributed by atoms with Crippen LogP contribution in [0, 0.1) is 11.7 Å². The molecule has 0 bridgehead atoms. The van der Waals surface area contributed by atoms with E-state index >= 15 is 0 Å². The fourth-order valence-electron chi connectivity index (χ4n) is 2.53. The van der Waals surface area contributed by atoms with Gasteiger partial charge in [-0.05, 0) is 54.9 Å². The summed E-state index contributed by atoms with van der Waals surface area (Å²) in [6, 6.07) is 13.4. The van der Waals surface area contributed by atoms with E-state index in [1.807, 2.05) is 24.3 Å². The van der Waals surface area contributed by atoms with Crippen LogP contribution >= 0.6 is 0 Å². The predicted octanol–water partition coefficient (Wildman–Crippen LogP) is 2.84. The molecule has 0 aliphatic carbocycles. The van der Waals surface area contributed by atoms with Crippen molar-refractivity contribution in [3.05, 3.63) is 59.9 Å². The Labute approximate surface area is 134 Å². The third-order valence-electron chi connectivity index (χ3n) is 3.87. The van der Waals surface area contributed by atoms with Gasteiger partial charge in [0.15, 0.2) is 0 Å². The van der Waals surface area contributed by atoms with Crippen LogP contribution < -0.4 is 15.4 Å². The molecule has 1 amide bonds. The lowest BCUT2D eigenvalue weighted by atomic mass is 10.1. The van der Waals surface area contributed by atoms with Gasteiger partial charge in [0.1, 0.15) is 17.3 Å². The first-order chi connectivity index (χ1) is 11.2. The SMILES string of the molecule is O=C(NCc1ccc(Oc2ccc(F)cc2)cc1)C1CCNC1. The Hall–Kier alpha value is -2.40. The maximum atomic E-state index is 12.8. The lowest BCUT2D eigenvalue weighted by molar-refractivity contribution is -0.124. The second-order valence-electron chi connectivity index (χ2n) is 5.61. The van der Waals surface area contributed by atoms with Gasteiger partial charge in [-0.3, -0.25) is 4.79 Å². The second-order valence-corrected chi connectivity index (χ2v) is 5.61. The highest BCUT2D eigenvalue weighted by atomic mass is 19.1. The molecule has 1 aliphatic rings. The molecule has 0 radical (unpaired) electrons.